The minimum atomic E-state index is 0. The van der Waals surface area contributed by atoms with Crippen LogP contribution in [0.4, 0.5) is 0 Å². The highest BCUT2D eigenvalue weighted by atomic mass is 79.9. The highest BCUT2D eigenvalue weighted by molar-refractivity contribution is 8.93. The number of pyridine rings is 1. The van der Waals surface area contributed by atoms with Crippen molar-refractivity contribution < 1.29 is 0 Å². The van der Waals surface area contributed by atoms with Crippen LogP contribution in [0.1, 0.15) is 0 Å². The van der Waals surface area contributed by atoms with Gasteiger partial charge in [0.25, 0.3) is 0 Å². The van der Waals surface area contributed by atoms with Gasteiger partial charge in [-0.1, -0.05) is 66.2 Å². The molecule has 2 aromatic carbocycles. The third-order valence-electron chi connectivity index (χ3n) is 3.70. The molecule has 0 aliphatic rings. The van der Waals surface area contributed by atoms with Crippen molar-refractivity contribution in [3.63, 3.8) is 0 Å². The fraction of sp³-hybridized carbons (Fsp3) is 0. The number of rotatable bonds is 2. The number of imidazole rings is 1. The molecule has 23 heavy (non-hydrogen) atoms. The van der Waals surface area contributed by atoms with Crippen LogP contribution in [0.2, 0.25) is 5.02 Å². The van der Waals surface area contributed by atoms with Crippen LogP contribution in [0.15, 0.2) is 79.1 Å². The van der Waals surface area contributed by atoms with E-state index in [1.54, 1.807) is 0 Å². The van der Waals surface area contributed by atoms with Gasteiger partial charge in [-0.2, -0.15) is 0 Å². The monoisotopic (exact) mass is 384 g/mol. The summed E-state index contributed by atoms with van der Waals surface area (Å²) in [6, 6.07) is 22.6. The van der Waals surface area contributed by atoms with Crippen LogP contribution >= 0.6 is 28.6 Å². The molecule has 2 heterocycles. The van der Waals surface area contributed by atoms with Gasteiger partial charge in [0.05, 0.1) is 10.7 Å². The Kier molecular flexibility index (Phi) is 4.51. The van der Waals surface area contributed by atoms with Crippen LogP contribution in [0, 0.1) is 0 Å². The summed E-state index contributed by atoms with van der Waals surface area (Å²) in [6.45, 7) is 0. The number of nitrogens with zero attached hydrogens (tertiary/aromatic N) is 2. The smallest absolute Gasteiger partial charge is 0.137 e. The van der Waals surface area contributed by atoms with Gasteiger partial charge in [0.15, 0.2) is 0 Å². The van der Waals surface area contributed by atoms with Gasteiger partial charge in [-0.05, 0) is 23.3 Å². The molecular formula is C19H14BrClN2. The van der Waals surface area contributed by atoms with E-state index < -0.39 is 0 Å². The number of halogens is 2. The van der Waals surface area contributed by atoms with Crippen LogP contribution in [-0.2, 0) is 0 Å². The summed E-state index contributed by atoms with van der Waals surface area (Å²) >= 11 is 6.01. The normalized spacial score (nSPS) is 10.5. The van der Waals surface area contributed by atoms with E-state index in [0.717, 1.165) is 16.9 Å². The third kappa shape index (κ3) is 3.16. The summed E-state index contributed by atoms with van der Waals surface area (Å²) in [5.74, 6) is 0. The number of aromatic nitrogens is 2. The van der Waals surface area contributed by atoms with Crippen molar-refractivity contribution in [2.75, 3.05) is 0 Å². The second-order valence-electron chi connectivity index (χ2n) is 5.18. The molecule has 0 spiro atoms. The van der Waals surface area contributed by atoms with E-state index in [1.165, 1.54) is 11.1 Å². The van der Waals surface area contributed by atoms with Gasteiger partial charge in [-0.15, -0.1) is 17.0 Å². The van der Waals surface area contributed by atoms with Crippen molar-refractivity contribution in [2.45, 2.75) is 0 Å². The van der Waals surface area contributed by atoms with Gasteiger partial charge >= 0.3 is 0 Å². The summed E-state index contributed by atoms with van der Waals surface area (Å²) in [7, 11) is 0. The first-order valence-corrected chi connectivity index (χ1v) is 7.47. The van der Waals surface area contributed by atoms with Crippen molar-refractivity contribution in [3.8, 4) is 22.4 Å². The topological polar surface area (TPSA) is 17.3 Å². The molecule has 4 heteroatoms. The molecule has 0 amide bonds. The van der Waals surface area contributed by atoms with E-state index in [4.69, 9.17) is 11.6 Å². The Morgan fingerprint density at radius 2 is 1.35 bits per heavy atom. The summed E-state index contributed by atoms with van der Waals surface area (Å²) < 4.78 is 1.95. The maximum Gasteiger partial charge on any atom is 0.137 e. The Labute approximate surface area is 150 Å². The van der Waals surface area contributed by atoms with Crippen LogP contribution in [0.3, 0.4) is 0 Å². The molecule has 0 N–H and O–H groups in total. The van der Waals surface area contributed by atoms with Gasteiger partial charge in [0.1, 0.15) is 5.65 Å². The van der Waals surface area contributed by atoms with Crippen molar-refractivity contribution in [3.05, 3.63) is 84.1 Å². The summed E-state index contributed by atoms with van der Waals surface area (Å²) in [6.07, 6.45) is 3.87. The zero-order chi connectivity index (χ0) is 14.9. The van der Waals surface area contributed by atoms with E-state index in [-0.39, 0.29) is 17.0 Å². The molecule has 2 nitrogen and oxygen atoms in total. The number of fused-ring (bicyclic) bond motifs is 1. The molecule has 0 fully saturated rings. The lowest BCUT2D eigenvalue weighted by molar-refractivity contribution is 1.19. The second kappa shape index (κ2) is 6.57. The Morgan fingerprint density at radius 1 is 0.696 bits per heavy atom. The Bertz CT molecular complexity index is 931. The Hall–Kier alpha value is -2.10. The minimum absolute atomic E-state index is 0. The standard InChI is InChI=1S/C19H13ClN2.BrH/c20-17-10-11-19-21-18(13-22(19)12-17)16-8-6-15(7-9-16)14-4-2-1-3-5-14;/h1-13H;1H. The van der Waals surface area contributed by atoms with Crippen LogP contribution < -0.4 is 0 Å². The fourth-order valence-corrected chi connectivity index (χ4v) is 2.74. The largest absolute Gasteiger partial charge is 0.305 e. The van der Waals surface area contributed by atoms with Crippen molar-refractivity contribution in [2.24, 2.45) is 0 Å². The van der Waals surface area contributed by atoms with Gasteiger partial charge in [-0.25, -0.2) is 4.98 Å². The first-order valence-electron chi connectivity index (χ1n) is 7.10. The molecular weight excluding hydrogens is 372 g/mol. The van der Waals surface area contributed by atoms with Crippen LogP contribution in [0.5, 0.6) is 0 Å². The average molecular weight is 386 g/mol. The Morgan fingerprint density at radius 3 is 2.09 bits per heavy atom. The van der Waals surface area contributed by atoms with Crippen LogP contribution in [-0.4, -0.2) is 9.38 Å². The fourth-order valence-electron chi connectivity index (χ4n) is 2.57. The zero-order valence-electron chi connectivity index (χ0n) is 12.2. The summed E-state index contributed by atoms with van der Waals surface area (Å²) in [4.78, 5) is 4.63. The molecule has 2 aromatic heterocycles. The average Bonchev–Trinajstić information content (AvgIpc) is 2.99. The van der Waals surface area contributed by atoms with Gasteiger partial charge in [-0.3, -0.25) is 0 Å². The summed E-state index contributed by atoms with van der Waals surface area (Å²) in [5.41, 5.74) is 5.36. The highest BCUT2D eigenvalue weighted by Crippen LogP contribution is 2.25. The number of hydrogen-bond donors (Lipinski definition) is 0. The third-order valence-corrected chi connectivity index (χ3v) is 3.93. The van der Waals surface area contributed by atoms with Gasteiger partial charge in [0, 0.05) is 18.0 Å². The minimum Gasteiger partial charge on any atom is -0.305 e. The quantitative estimate of drug-likeness (QED) is 0.420. The molecule has 0 aliphatic carbocycles. The number of hydrogen-bond acceptors (Lipinski definition) is 1. The molecule has 0 bridgehead atoms. The van der Waals surface area contributed by atoms with E-state index in [2.05, 4.69) is 53.5 Å². The molecule has 0 saturated heterocycles. The van der Waals surface area contributed by atoms with Crippen molar-refractivity contribution in [1.82, 2.24) is 9.38 Å². The second-order valence-corrected chi connectivity index (χ2v) is 5.62. The lowest BCUT2D eigenvalue weighted by Gasteiger charge is -2.02. The van der Waals surface area contributed by atoms with E-state index in [9.17, 15) is 0 Å². The number of benzene rings is 2. The first-order chi connectivity index (χ1) is 10.8. The first kappa shape index (κ1) is 15.8. The highest BCUT2D eigenvalue weighted by Gasteiger charge is 2.05. The molecule has 4 aromatic rings. The van der Waals surface area contributed by atoms with E-state index in [0.29, 0.717) is 5.02 Å². The van der Waals surface area contributed by atoms with E-state index >= 15 is 0 Å². The molecule has 0 radical (unpaired) electrons. The molecule has 4 rings (SSSR count). The van der Waals surface area contributed by atoms with Crippen LogP contribution in [0.25, 0.3) is 28.0 Å². The molecule has 0 atom stereocenters. The molecule has 0 aliphatic heterocycles. The summed E-state index contributed by atoms with van der Waals surface area (Å²) in [5, 5.41) is 0.705. The van der Waals surface area contributed by atoms with Crippen molar-refractivity contribution in [1.29, 1.82) is 0 Å². The van der Waals surface area contributed by atoms with Crippen molar-refractivity contribution >= 4 is 34.2 Å². The maximum absolute atomic E-state index is 6.01. The maximum atomic E-state index is 6.01. The predicted molar refractivity (Wildman–Crippen MR) is 101 cm³/mol. The molecule has 0 unspecified atom stereocenters. The Balaban J connectivity index is 0.00000156. The predicted octanol–water partition coefficient (Wildman–Crippen LogP) is 5.90. The van der Waals surface area contributed by atoms with Gasteiger partial charge < -0.3 is 4.40 Å². The zero-order valence-corrected chi connectivity index (χ0v) is 14.7. The van der Waals surface area contributed by atoms with Gasteiger partial charge in [0.2, 0.25) is 0 Å². The molecule has 0 saturated carbocycles. The lowest BCUT2D eigenvalue weighted by atomic mass is 10.0. The van der Waals surface area contributed by atoms with E-state index in [1.807, 2.05) is 35.0 Å². The lowest BCUT2D eigenvalue weighted by Crippen LogP contribution is -1.80. The SMILES string of the molecule is Br.Clc1ccc2nc(-c3ccc(-c4ccccc4)cc3)cn2c1. The molecule has 114 valence electrons.